The number of amides is 1. The molecule has 0 fully saturated rings. The van der Waals surface area contributed by atoms with E-state index in [1.54, 1.807) is 24.3 Å². The Balaban J connectivity index is 2.00. The van der Waals surface area contributed by atoms with E-state index in [1.165, 1.54) is 19.7 Å². The van der Waals surface area contributed by atoms with Gasteiger partial charge in [0.2, 0.25) is 0 Å². The van der Waals surface area contributed by atoms with E-state index < -0.39 is 10.2 Å². The molecule has 0 saturated heterocycles. The lowest BCUT2D eigenvalue weighted by Crippen LogP contribution is -2.28. The Hall–Kier alpha value is -2.38. The molecular weight excluding hydrogens is 362 g/mol. The molecule has 6 nitrogen and oxygen atoms in total. The number of hydrogen-bond donors (Lipinski definition) is 2. The quantitative estimate of drug-likeness (QED) is 0.722. The fourth-order valence-corrected chi connectivity index (χ4v) is 3.02. The maximum absolute atomic E-state index is 12.4. The minimum absolute atomic E-state index is 0.244. The van der Waals surface area contributed by atoms with Crippen LogP contribution in [0.15, 0.2) is 48.5 Å². The summed E-state index contributed by atoms with van der Waals surface area (Å²) >= 11 is 0. The SMILES string of the molecule is CCC(C)Cc1ccc(NC(=O)c2ccc(NS(=O)(=O)N(C)C)cc2)cc1. The van der Waals surface area contributed by atoms with Crippen LogP contribution in [0.1, 0.15) is 36.2 Å². The van der Waals surface area contributed by atoms with E-state index in [9.17, 15) is 13.2 Å². The first kappa shape index (κ1) is 20.9. The highest BCUT2D eigenvalue weighted by molar-refractivity contribution is 7.90. The molecule has 1 atom stereocenters. The fraction of sp³-hybridized carbons (Fsp3) is 0.350. The maximum atomic E-state index is 12.4. The van der Waals surface area contributed by atoms with Crippen molar-refractivity contribution in [3.8, 4) is 0 Å². The molecule has 0 aliphatic rings. The average molecular weight is 390 g/mol. The van der Waals surface area contributed by atoms with Crippen molar-refractivity contribution >= 4 is 27.5 Å². The van der Waals surface area contributed by atoms with Gasteiger partial charge in [0.25, 0.3) is 5.91 Å². The zero-order valence-corrected chi connectivity index (χ0v) is 17.0. The Kier molecular flexibility index (Phi) is 6.98. The summed E-state index contributed by atoms with van der Waals surface area (Å²) in [5.74, 6) is 0.389. The summed E-state index contributed by atoms with van der Waals surface area (Å²) in [6.07, 6.45) is 2.16. The Morgan fingerprint density at radius 3 is 2.07 bits per heavy atom. The first-order valence-corrected chi connectivity index (χ1v) is 10.4. The molecule has 2 aromatic carbocycles. The van der Waals surface area contributed by atoms with Crippen molar-refractivity contribution in [1.29, 1.82) is 0 Å². The van der Waals surface area contributed by atoms with Crippen molar-refractivity contribution in [2.45, 2.75) is 26.7 Å². The minimum Gasteiger partial charge on any atom is -0.322 e. The molecule has 0 aromatic heterocycles. The van der Waals surface area contributed by atoms with E-state index >= 15 is 0 Å². The predicted molar refractivity (Wildman–Crippen MR) is 110 cm³/mol. The Bertz CT molecular complexity index is 860. The molecule has 0 aliphatic heterocycles. The van der Waals surface area contributed by atoms with Gasteiger partial charge < -0.3 is 5.32 Å². The van der Waals surface area contributed by atoms with Crippen molar-refractivity contribution in [3.63, 3.8) is 0 Å². The van der Waals surface area contributed by atoms with Gasteiger partial charge in [-0.2, -0.15) is 12.7 Å². The molecule has 7 heteroatoms. The second kappa shape index (κ2) is 9.01. The lowest BCUT2D eigenvalue weighted by Gasteiger charge is -2.13. The standard InChI is InChI=1S/C20H27N3O3S/c1-5-15(2)14-16-6-10-18(11-7-16)21-20(24)17-8-12-19(13-9-17)22-27(25,26)23(3)4/h6-13,15,22H,5,14H2,1-4H3,(H,21,24). The fourth-order valence-electron chi connectivity index (χ4n) is 2.40. The number of nitrogens with zero attached hydrogens (tertiary/aromatic N) is 1. The minimum atomic E-state index is -3.57. The Morgan fingerprint density at radius 2 is 1.56 bits per heavy atom. The smallest absolute Gasteiger partial charge is 0.301 e. The third-order valence-electron chi connectivity index (χ3n) is 4.37. The summed E-state index contributed by atoms with van der Waals surface area (Å²) < 4.78 is 27.1. The van der Waals surface area contributed by atoms with Crippen LogP contribution in [-0.4, -0.2) is 32.7 Å². The molecule has 2 aromatic rings. The number of hydrogen-bond acceptors (Lipinski definition) is 3. The van der Waals surface area contributed by atoms with Crippen LogP contribution in [-0.2, 0) is 16.6 Å². The number of carbonyl (C=O) groups excluding carboxylic acids is 1. The van der Waals surface area contributed by atoms with Gasteiger partial charge in [-0.15, -0.1) is 0 Å². The largest absolute Gasteiger partial charge is 0.322 e. The molecule has 0 heterocycles. The van der Waals surface area contributed by atoms with Gasteiger partial charge in [0.15, 0.2) is 0 Å². The third-order valence-corrected chi connectivity index (χ3v) is 5.82. The van der Waals surface area contributed by atoms with Crippen LogP contribution in [0.25, 0.3) is 0 Å². The van der Waals surface area contributed by atoms with Gasteiger partial charge in [-0.3, -0.25) is 9.52 Å². The molecule has 0 aliphatic carbocycles. The molecule has 146 valence electrons. The van der Waals surface area contributed by atoms with E-state index in [0.29, 0.717) is 17.2 Å². The van der Waals surface area contributed by atoms with E-state index in [4.69, 9.17) is 0 Å². The van der Waals surface area contributed by atoms with Crippen LogP contribution >= 0.6 is 0 Å². The van der Waals surface area contributed by atoms with Crippen molar-refractivity contribution in [1.82, 2.24) is 4.31 Å². The van der Waals surface area contributed by atoms with E-state index in [1.807, 2.05) is 24.3 Å². The molecule has 0 spiro atoms. The Labute approximate surface area is 161 Å². The molecule has 0 bridgehead atoms. The van der Waals surface area contributed by atoms with Gasteiger partial charge in [0.05, 0.1) is 0 Å². The highest BCUT2D eigenvalue weighted by Crippen LogP contribution is 2.17. The highest BCUT2D eigenvalue weighted by atomic mass is 32.2. The van der Waals surface area contributed by atoms with Gasteiger partial charge in [0, 0.05) is 31.0 Å². The number of benzene rings is 2. The summed E-state index contributed by atoms with van der Waals surface area (Å²) in [6, 6.07) is 14.1. The number of carbonyl (C=O) groups is 1. The molecular formula is C20H27N3O3S. The molecule has 2 N–H and O–H groups in total. The van der Waals surface area contributed by atoms with Crippen molar-refractivity contribution in [2.24, 2.45) is 5.92 Å². The number of anilines is 2. The molecule has 1 unspecified atom stereocenters. The van der Waals surface area contributed by atoms with E-state index in [-0.39, 0.29) is 5.91 Å². The maximum Gasteiger partial charge on any atom is 0.301 e. The summed E-state index contributed by atoms with van der Waals surface area (Å²) in [6.45, 7) is 4.40. The second-order valence-electron chi connectivity index (χ2n) is 6.84. The van der Waals surface area contributed by atoms with Crippen LogP contribution in [0.2, 0.25) is 0 Å². The van der Waals surface area contributed by atoms with Crippen molar-refractivity contribution < 1.29 is 13.2 Å². The van der Waals surface area contributed by atoms with Crippen LogP contribution in [0, 0.1) is 5.92 Å². The topological polar surface area (TPSA) is 78.5 Å². The first-order chi connectivity index (χ1) is 12.7. The molecule has 27 heavy (non-hydrogen) atoms. The molecule has 0 radical (unpaired) electrons. The van der Waals surface area contributed by atoms with Gasteiger partial charge in [-0.1, -0.05) is 32.4 Å². The Morgan fingerprint density at radius 1 is 1.00 bits per heavy atom. The summed E-state index contributed by atoms with van der Waals surface area (Å²) in [5.41, 5.74) is 2.83. The first-order valence-electron chi connectivity index (χ1n) is 8.92. The van der Waals surface area contributed by atoms with Gasteiger partial charge in [0.1, 0.15) is 0 Å². The van der Waals surface area contributed by atoms with Crippen LogP contribution in [0.5, 0.6) is 0 Å². The van der Waals surface area contributed by atoms with Crippen molar-refractivity contribution in [2.75, 3.05) is 24.1 Å². The van der Waals surface area contributed by atoms with Crippen molar-refractivity contribution in [3.05, 3.63) is 59.7 Å². The van der Waals surface area contributed by atoms with E-state index in [2.05, 4.69) is 23.9 Å². The summed E-state index contributed by atoms with van der Waals surface area (Å²) in [4.78, 5) is 12.4. The summed E-state index contributed by atoms with van der Waals surface area (Å²) in [7, 11) is -0.679. The number of nitrogens with one attached hydrogen (secondary N) is 2. The van der Waals surface area contributed by atoms with Crippen LogP contribution in [0.3, 0.4) is 0 Å². The lowest BCUT2D eigenvalue weighted by molar-refractivity contribution is 0.102. The third kappa shape index (κ3) is 6.08. The molecule has 1 amide bonds. The average Bonchev–Trinajstić information content (AvgIpc) is 2.63. The second-order valence-corrected chi connectivity index (χ2v) is 8.72. The lowest BCUT2D eigenvalue weighted by atomic mass is 9.99. The van der Waals surface area contributed by atoms with Gasteiger partial charge in [-0.05, 0) is 54.3 Å². The van der Waals surface area contributed by atoms with Crippen LogP contribution < -0.4 is 10.0 Å². The normalized spacial score (nSPS) is 12.6. The molecule has 2 rings (SSSR count). The highest BCUT2D eigenvalue weighted by Gasteiger charge is 2.13. The zero-order chi connectivity index (χ0) is 20.0. The monoisotopic (exact) mass is 389 g/mol. The van der Waals surface area contributed by atoms with E-state index in [0.717, 1.165) is 22.8 Å². The van der Waals surface area contributed by atoms with Gasteiger partial charge >= 0.3 is 10.2 Å². The zero-order valence-electron chi connectivity index (χ0n) is 16.2. The van der Waals surface area contributed by atoms with Crippen LogP contribution in [0.4, 0.5) is 11.4 Å². The van der Waals surface area contributed by atoms with Gasteiger partial charge in [-0.25, -0.2) is 0 Å². The molecule has 0 saturated carbocycles. The number of rotatable bonds is 8. The predicted octanol–water partition coefficient (Wildman–Crippen LogP) is 3.75. The summed E-state index contributed by atoms with van der Waals surface area (Å²) in [5, 5.41) is 2.85.